The number of pyridine rings is 1. The van der Waals surface area contributed by atoms with Crippen LogP contribution in [0.3, 0.4) is 0 Å². The van der Waals surface area contributed by atoms with E-state index in [0.29, 0.717) is 95.9 Å². The lowest BCUT2D eigenvalue weighted by atomic mass is 9.91. The summed E-state index contributed by atoms with van der Waals surface area (Å²) >= 11 is 6.46. The average Bonchev–Trinajstić information content (AvgIpc) is 1.02. The third-order valence-corrected chi connectivity index (χ3v) is 27.2. The number of fused-ring (bicyclic) bond motifs is 4. The fourth-order valence-corrected chi connectivity index (χ4v) is 20.7. The molecule has 6 fully saturated rings. The van der Waals surface area contributed by atoms with Gasteiger partial charge in [0.15, 0.2) is 12.6 Å². The van der Waals surface area contributed by atoms with Crippen molar-refractivity contribution in [2.45, 2.75) is 166 Å². The molecule has 7 heterocycles. The van der Waals surface area contributed by atoms with E-state index in [4.69, 9.17) is 55.0 Å². The highest BCUT2D eigenvalue weighted by Gasteiger charge is 2.49. The van der Waals surface area contributed by atoms with Gasteiger partial charge in [-0.05, 0) is 143 Å². The number of rotatable bonds is 21. The fourth-order valence-electron chi connectivity index (χ4n) is 15.2. The summed E-state index contributed by atoms with van der Waals surface area (Å²) in [5.41, 5.74) is 4.51. The Morgan fingerprint density at radius 3 is 2.19 bits per heavy atom. The minimum absolute atomic E-state index is 0.00677. The molecule has 506 valence electrons. The Morgan fingerprint density at radius 1 is 0.851 bits per heavy atom. The first-order chi connectivity index (χ1) is 44.8. The second-order valence-corrected chi connectivity index (χ2v) is 34.8. The van der Waals surface area contributed by atoms with Crippen molar-refractivity contribution >= 4 is 76.8 Å². The zero-order valence-corrected chi connectivity index (χ0v) is 58.2. The minimum Gasteiger partial charge on any atom is -0.468 e. The molecule has 5 aliphatic heterocycles. The number of halogens is 3. The molecular weight excluding hydrogens is 1240 g/mol. The van der Waals surface area contributed by atoms with Crippen LogP contribution in [0.15, 0.2) is 48.7 Å². The van der Waals surface area contributed by atoms with E-state index in [-0.39, 0.29) is 100 Å². The van der Waals surface area contributed by atoms with Crippen LogP contribution in [0.2, 0.25) is 21.6 Å². The molecule has 5 aromatic rings. The van der Waals surface area contributed by atoms with Crippen LogP contribution in [0.5, 0.6) is 11.8 Å². The van der Waals surface area contributed by atoms with Gasteiger partial charge in [-0.2, -0.15) is 9.97 Å². The lowest BCUT2D eigenvalue weighted by Crippen LogP contribution is -2.57. The van der Waals surface area contributed by atoms with Crippen molar-refractivity contribution in [1.29, 1.82) is 0 Å². The second kappa shape index (κ2) is 28.1. The number of piperidine rings is 2. The first kappa shape index (κ1) is 68.6. The molecule has 94 heavy (non-hydrogen) atoms. The summed E-state index contributed by atoms with van der Waals surface area (Å²) in [7, 11) is 0.915. The van der Waals surface area contributed by atoms with Gasteiger partial charge in [0.05, 0.1) is 52.6 Å². The van der Waals surface area contributed by atoms with Crippen LogP contribution in [0.25, 0.3) is 32.9 Å². The first-order valence-electron chi connectivity index (χ1n) is 33.6. The molecule has 11 rings (SSSR count). The quantitative estimate of drug-likeness (QED) is 0.0316. The van der Waals surface area contributed by atoms with Gasteiger partial charge >= 0.3 is 18.1 Å². The Hall–Kier alpha value is -6.74. The monoisotopic (exact) mass is 1330 g/mol. The zero-order valence-electron chi connectivity index (χ0n) is 56.4. The molecule has 1 aliphatic carbocycles. The van der Waals surface area contributed by atoms with E-state index in [1.165, 1.54) is 18.1 Å². The van der Waals surface area contributed by atoms with E-state index in [1.807, 2.05) is 30.6 Å². The van der Waals surface area contributed by atoms with E-state index >= 15 is 8.78 Å². The van der Waals surface area contributed by atoms with Crippen LogP contribution in [0.4, 0.5) is 29.9 Å². The molecule has 19 nitrogen and oxygen atoms in total. The van der Waals surface area contributed by atoms with Crippen LogP contribution in [0, 0.1) is 34.4 Å². The van der Waals surface area contributed by atoms with Gasteiger partial charge in [-0.15, -0.1) is 5.54 Å². The Labute approximate surface area is 557 Å². The molecule has 6 aliphatic rings. The van der Waals surface area contributed by atoms with Gasteiger partial charge in [-0.1, -0.05) is 65.1 Å². The molecule has 2 bridgehead atoms. The Morgan fingerprint density at radius 2 is 1.55 bits per heavy atom. The summed E-state index contributed by atoms with van der Waals surface area (Å²) in [6.07, 6.45) is 8.94. The standard InChI is InChI=1S/C71H92ClF2N9O10Si/c1-44(2)94(45(3)4,46(5)6)33-22-53-57(73)17-13-48-34-52(92-43-88-10)36-54(60(48)53)62-61(74)63-55(37-75-62)64(81-38-50-14-15-51(39-81)83(50)68(87)93-69(7,8)9)78-66(77-63)91-41-70(23-24-70)40-79-30-25-71(89-11,26-31-79)42-90-32-21-47-18-27-80(28-19-47)65(85)49-12-16-56(72)58(35-49)82-29-20-59(84)76-67(82)86/h12-13,16-17,34-37,44-47,50-51H,14-15,18-21,23-32,38-43H2,1-11H3,(H,76,84,86). The van der Waals surface area contributed by atoms with E-state index in [9.17, 15) is 19.2 Å². The maximum Gasteiger partial charge on any atom is 0.410 e. The molecule has 1 N–H and O–H groups in total. The lowest BCUT2D eigenvalue weighted by molar-refractivity contribution is -0.120. The van der Waals surface area contributed by atoms with Gasteiger partial charge in [-0.3, -0.25) is 29.7 Å². The predicted octanol–water partition coefficient (Wildman–Crippen LogP) is 13.0. The molecule has 5 amide bonds. The normalized spacial score (nSPS) is 20.1. The third-order valence-electron chi connectivity index (χ3n) is 20.6. The molecule has 3 aromatic carbocycles. The summed E-state index contributed by atoms with van der Waals surface area (Å²) in [5.74, 6) is 2.88. The van der Waals surface area contributed by atoms with Crippen molar-refractivity contribution in [3.8, 4) is 34.5 Å². The number of nitrogens with one attached hydrogen (secondary N) is 1. The van der Waals surface area contributed by atoms with Gasteiger partial charge in [-0.25, -0.2) is 18.4 Å². The van der Waals surface area contributed by atoms with Gasteiger partial charge < -0.3 is 43.1 Å². The van der Waals surface area contributed by atoms with Crippen LogP contribution < -0.4 is 24.6 Å². The molecule has 0 radical (unpaired) electrons. The highest BCUT2D eigenvalue weighted by molar-refractivity contribution is 6.90. The SMILES string of the molecule is COCOc1cc(-c2ncc3c(N4CC5CCC(C4)N5C(=O)OC(C)(C)C)nc(OCC4(CN5CCC(COCCC6CCN(C(=O)c7ccc(Cl)c(N8CCC(=O)NC8=O)c7)CC6)(OC)CC5)CC4)nc3c2F)c2c(C#C[Si](C(C)C)(C(C)C)C(C)C)c(F)ccc2c1. The van der Waals surface area contributed by atoms with E-state index < -0.39 is 36.9 Å². The highest BCUT2D eigenvalue weighted by Crippen LogP contribution is 2.48. The van der Waals surface area contributed by atoms with Crippen LogP contribution >= 0.6 is 11.6 Å². The summed E-state index contributed by atoms with van der Waals surface area (Å²) in [6, 6.07) is 10.6. The number of nitrogens with zero attached hydrogens (tertiary/aromatic N) is 8. The number of piperazine rings is 1. The smallest absolute Gasteiger partial charge is 0.410 e. The predicted molar refractivity (Wildman–Crippen MR) is 361 cm³/mol. The van der Waals surface area contributed by atoms with Crippen molar-refractivity contribution in [2.24, 2.45) is 11.3 Å². The number of imide groups is 1. The summed E-state index contributed by atoms with van der Waals surface area (Å²) in [4.78, 5) is 76.2. The Kier molecular flexibility index (Phi) is 20.5. The third kappa shape index (κ3) is 14.5. The van der Waals surface area contributed by atoms with Crippen molar-refractivity contribution in [2.75, 3.05) is 103 Å². The largest absolute Gasteiger partial charge is 0.468 e. The number of carbonyl (C=O) groups is 4. The number of hydrogen-bond donors (Lipinski definition) is 1. The van der Waals surface area contributed by atoms with Gasteiger partial charge in [0.25, 0.3) is 5.91 Å². The highest BCUT2D eigenvalue weighted by atomic mass is 35.5. The Balaban J connectivity index is 0.785. The number of ether oxygens (including phenoxy) is 6. The van der Waals surface area contributed by atoms with E-state index in [2.05, 4.69) is 68.1 Å². The molecule has 2 atom stereocenters. The number of carbonyl (C=O) groups excluding carboxylic acids is 4. The average molecular weight is 1330 g/mol. The number of urea groups is 1. The number of benzene rings is 3. The van der Waals surface area contributed by atoms with Crippen molar-refractivity contribution in [3.63, 3.8) is 0 Å². The molecule has 5 saturated heterocycles. The van der Waals surface area contributed by atoms with Crippen LogP contribution in [0.1, 0.15) is 142 Å². The van der Waals surface area contributed by atoms with E-state index in [0.717, 1.165) is 77.4 Å². The van der Waals surface area contributed by atoms with Crippen molar-refractivity contribution < 1.29 is 56.4 Å². The van der Waals surface area contributed by atoms with Gasteiger partial charge in [0, 0.05) is 108 Å². The van der Waals surface area contributed by atoms with Crippen molar-refractivity contribution in [1.82, 2.24) is 35.0 Å². The second-order valence-electron chi connectivity index (χ2n) is 28.8. The summed E-state index contributed by atoms with van der Waals surface area (Å²) in [5, 5.41) is 4.02. The summed E-state index contributed by atoms with van der Waals surface area (Å²) < 4.78 is 71.5. The maximum absolute atomic E-state index is 18.3. The zero-order chi connectivity index (χ0) is 67.0. The van der Waals surface area contributed by atoms with Crippen LogP contribution in [-0.4, -0.2) is 178 Å². The lowest BCUT2D eigenvalue weighted by Gasteiger charge is -2.42. The number of methoxy groups -OCH3 is 2. The minimum atomic E-state index is -2.37. The molecular formula is C71H92ClF2N9O10Si. The number of likely N-dealkylation sites (tertiary alicyclic amines) is 2. The first-order valence-corrected chi connectivity index (χ1v) is 36.2. The van der Waals surface area contributed by atoms with Gasteiger partial charge in [0.2, 0.25) is 5.91 Å². The maximum atomic E-state index is 18.3. The summed E-state index contributed by atoms with van der Waals surface area (Å²) in [6.45, 7) is 24.8. The molecule has 1 saturated carbocycles. The molecule has 0 spiro atoms. The number of hydrogen-bond acceptors (Lipinski definition) is 15. The number of aromatic nitrogens is 3. The van der Waals surface area contributed by atoms with Crippen LogP contribution in [-0.2, 0) is 23.7 Å². The number of amides is 5. The van der Waals surface area contributed by atoms with E-state index in [1.54, 1.807) is 49.7 Å². The Bertz CT molecular complexity index is 3690. The topological polar surface area (TPSA) is 191 Å². The fraction of sp³-hybridized carbons (Fsp3) is 0.592. The molecule has 2 aromatic heterocycles. The molecule has 2 unspecified atom stereocenters. The molecule has 23 heteroatoms. The van der Waals surface area contributed by atoms with Crippen molar-refractivity contribution in [3.05, 3.63) is 76.4 Å². The van der Waals surface area contributed by atoms with Gasteiger partial charge in [0.1, 0.15) is 42.3 Å². The number of anilines is 2.